The molecule has 0 unspecified atom stereocenters. The van der Waals surface area contributed by atoms with Crippen LogP contribution in [0.3, 0.4) is 0 Å². The number of aliphatic carboxylic acids is 1. The van der Waals surface area contributed by atoms with Crippen LogP contribution in [0.15, 0.2) is 30.3 Å². The molecule has 2 aliphatic rings. The molecule has 2 aromatic rings. The van der Waals surface area contributed by atoms with Gasteiger partial charge in [-0.15, -0.1) is 11.3 Å². The van der Waals surface area contributed by atoms with Gasteiger partial charge in [-0.3, -0.25) is 9.59 Å². The second-order valence-electron chi connectivity index (χ2n) is 6.93. The smallest absolute Gasteiger partial charge is 0.308 e. The zero-order valence-electron chi connectivity index (χ0n) is 14.0. The number of aromatic nitrogens is 1. The first-order chi connectivity index (χ1) is 12.0. The number of rotatable bonds is 4. The summed E-state index contributed by atoms with van der Waals surface area (Å²) in [6, 6.07) is 9.68. The van der Waals surface area contributed by atoms with Crippen LogP contribution in [0.2, 0.25) is 0 Å². The summed E-state index contributed by atoms with van der Waals surface area (Å²) in [7, 11) is 0. The molecule has 1 saturated carbocycles. The first kappa shape index (κ1) is 16.3. The molecule has 2 heterocycles. The van der Waals surface area contributed by atoms with Crippen LogP contribution < -0.4 is 0 Å². The van der Waals surface area contributed by atoms with Gasteiger partial charge in [0.05, 0.1) is 16.6 Å². The summed E-state index contributed by atoms with van der Waals surface area (Å²) in [6.07, 6.45) is 2.18. The van der Waals surface area contributed by atoms with Crippen molar-refractivity contribution >= 4 is 23.2 Å². The lowest BCUT2D eigenvalue weighted by molar-refractivity contribution is -0.142. The van der Waals surface area contributed by atoms with Gasteiger partial charge < -0.3 is 10.0 Å². The summed E-state index contributed by atoms with van der Waals surface area (Å²) in [5.74, 6) is -0.744. The number of thiazole rings is 1. The van der Waals surface area contributed by atoms with E-state index in [0.717, 1.165) is 23.4 Å². The van der Waals surface area contributed by atoms with E-state index in [1.165, 1.54) is 11.3 Å². The lowest BCUT2D eigenvalue weighted by atomic mass is 9.92. The number of benzene rings is 1. The van der Waals surface area contributed by atoms with Gasteiger partial charge in [-0.25, -0.2) is 4.98 Å². The largest absolute Gasteiger partial charge is 0.481 e. The SMILES string of the molecule is Cc1nc(-c2ccccc2)c(C(=O)N2C[C@H](C(=O)O)[C@@H](C3CC3)C2)s1. The van der Waals surface area contributed by atoms with Crippen LogP contribution in [0.1, 0.15) is 27.5 Å². The fraction of sp³-hybridized carbons (Fsp3) is 0.421. The molecule has 6 heteroatoms. The number of hydrogen-bond donors (Lipinski definition) is 1. The van der Waals surface area contributed by atoms with Crippen molar-refractivity contribution in [2.45, 2.75) is 19.8 Å². The summed E-state index contributed by atoms with van der Waals surface area (Å²) >= 11 is 1.39. The van der Waals surface area contributed by atoms with Gasteiger partial charge in [-0.1, -0.05) is 30.3 Å². The number of carboxylic acid groups (broad SMARTS) is 1. The topological polar surface area (TPSA) is 70.5 Å². The van der Waals surface area contributed by atoms with Crippen molar-refractivity contribution in [3.8, 4) is 11.3 Å². The number of amides is 1. The molecule has 5 nitrogen and oxygen atoms in total. The molecular weight excluding hydrogens is 336 g/mol. The second-order valence-corrected chi connectivity index (χ2v) is 8.14. The molecule has 1 aliphatic heterocycles. The van der Waals surface area contributed by atoms with Crippen molar-refractivity contribution in [1.29, 1.82) is 0 Å². The molecule has 1 saturated heterocycles. The normalized spacial score (nSPS) is 23.0. The molecule has 0 radical (unpaired) electrons. The molecule has 1 N–H and O–H groups in total. The minimum atomic E-state index is -0.782. The maximum absolute atomic E-state index is 13.1. The van der Waals surface area contributed by atoms with E-state index < -0.39 is 11.9 Å². The Bertz CT molecular complexity index is 813. The minimum absolute atomic E-state index is 0.0844. The van der Waals surface area contributed by atoms with E-state index in [4.69, 9.17) is 0 Å². The molecule has 1 aromatic carbocycles. The van der Waals surface area contributed by atoms with Crippen LogP contribution in [0.5, 0.6) is 0 Å². The number of nitrogens with zero attached hydrogens (tertiary/aromatic N) is 2. The Kier molecular flexibility index (Phi) is 4.07. The monoisotopic (exact) mass is 356 g/mol. The maximum Gasteiger partial charge on any atom is 0.308 e. The molecule has 4 rings (SSSR count). The van der Waals surface area contributed by atoms with Crippen molar-refractivity contribution in [3.05, 3.63) is 40.2 Å². The predicted octanol–water partition coefficient (Wildman–Crippen LogP) is 3.30. The Morgan fingerprint density at radius 1 is 1.20 bits per heavy atom. The molecule has 0 bridgehead atoms. The van der Waals surface area contributed by atoms with Crippen LogP contribution in [-0.2, 0) is 4.79 Å². The van der Waals surface area contributed by atoms with Crippen molar-refractivity contribution in [3.63, 3.8) is 0 Å². The second kappa shape index (κ2) is 6.26. The van der Waals surface area contributed by atoms with Crippen LogP contribution in [0.25, 0.3) is 11.3 Å². The van der Waals surface area contributed by atoms with Crippen LogP contribution in [-0.4, -0.2) is 40.0 Å². The van der Waals surface area contributed by atoms with Crippen molar-refractivity contribution in [1.82, 2.24) is 9.88 Å². The quantitative estimate of drug-likeness (QED) is 0.912. The van der Waals surface area contributed by atoms with Crippen molar-refractivity contribution < 1.29 is 14.7 Å². The van der Waals surface area contributed by atoms with E-state index in [1.54, 1.807) is 4.90 Å². The van der Waals surface area contributed by atoms with Gasteiger partial charge >= 0.3 is 5.97 Å². The highest BCUT2D eigenvalue weighted by Crippen LogP contribution is 2.44. The maximum atomic E-state index is 13.1. The first-order valence-electron chi connectivity index (χ1n) is 8.59. The van der Waals surface area contributed by atoms with Crippen molar-refractivity contribution in [2.75, 3.05) is 13.1 Å². The molecule has 1 aromatic heterocycles. The van der Waals surface area contributed by atoms with E-state index in [2.05, 4.69) is 4.98 Å². The Balaban J connectivity index is 1.63. The van der Waals surface area contributed by atoms with Crippen LogP contribution in [0, 0.1) is 24.7 Å². The van der Waals surface area contributed by atoms with Gasteiger partial charge in [0.1, 0.15) is 4.88 Å². The molecule has 1 amide bonds. The van der Waals surface area contributed by atoms with Gasteiger partial charge in [0.2, 0.25) is 0 Å². The zero-order chi connectivity index (χ0) is 17.6. The van der Waals surface area contributed by atoms with E-state index in [-0.39, 0.29) is 11.8 Å². The highest BCUT2D eigenvalue weighted by atomic mass is 32.1. The van der Waals surface area contributed by atoms with Gasteiger partial charge in [0, 0.05) is 18.7 Å². The van der Waals surface area contributed by atoms with Gasteiger partial charge in [-0.2, -0.15) is 0 Å². The summed E-state index contributed by atoms with van der Waals surface area (Å²) in [6.45, 7) is 2.75. The highest BCUT2D eigenvalue weighted by molar-refractivity contribution is 7.14. The third-order valence-corrected chi connectivity index (χ3v) is 6.13. The Morgan fingerprint density at radius 3 is 2.56 bits per heavy atom. The Labute approximate surface area is 150 Å². The third-order valence-electron chi connectivity index (χ3n) is 5.17. The number of carbonyl (C=O) groups excluding carboxylic acids is 1. The Morgan fingerprint density at radius 2 is 1.92 bits per heavy atom. The lowest BCUT2D eigenvalue weighted by Gasteiger charge is -2.16. The summed E-state index contributed by atoms with van der Waals surface area (Å²) in [5, 5.41) is 10.4. The number of aryl methyl sites for hydroxylation is 1. The van der Waals surface area contributed by atoms with E-state index in [1.807, 2.05) is 37.3 Å². The van der Waals surface area contributed by atoms with E-state index in [0.29, 0.717) is 29.6 Å². The molecular formula is C19H20N2O3S. The highest BCUT2D eigenvalue weighted by Gasteiger charge is 2.47. The standard InChI is InChI=1S/C19H20N2O3S/c1-11-20-16(13-5-3-2-4-6-13)17(25-11)18(22)21-9-14(12-7-8-12)15(10-21)19(23)24/h2-6,12,14-15H,7-10H2,1H3,(H,23,24)/t14-,15+/m1/s1. The van der Waals surface area contributed by atoms with E-state index >= 15 is 0 Å². The predicted molar refractivity (Wildman–Crippen MR) is 95.5 cm³/mol. The average molecular weight is 356 g/mol. The van der Waals surface area contributed by atoms with E-state index in [9.17, 15) is 14.7 Å². The fourth-order valence-corrected chi connectivity index (χ4v) is 4.67. The third kappa shape index (κ3) is 3.06. The number of carbonyl (C=O) groups is 2. The van der Waals surface area contributed by atoms with Crippen LogP contribution in [0.4, 0.5) is 0 Å². The molecule has 130 valence electrons. The lowest BCUT2D eigenvalue weighted by Crippen LogP contribution is -2.29. The Hall–Kier alpha value is -2.21. The minimum Gasteiger partial charge on any atom is -0.481 e. The molecule has 0 spiro atoms. The summed E-state index contributed by atoms with van der Waals surface area (Å²) < 4.78 is 0. The van der Waals surface area contributed by atoms with Crippen molar-refractivity contribution in [2.24, 2.45) is 17.8 Å². The van der Waals surface area contributed by atoms with Gasteiger partial charge in [0.25, 0.3) is 5.91 Å². The molecule has 2 fully saturated rings. The van der Waals surface area contributed by atoms with Gasteiger partial charge in [-0.05, 0) is 31.6 Å². The summed E-state index contributed by atoms with van der Waals surface area (Å²) in [5.41, 5.74) is 1.62. The number of likely N-dealkylation sites (tertiary alicyclic amines) is 1. The first-order valence-corrected chi connectivity index (χ1v) is 9.41. The average Bonchev–Trinajstić information content (AvgIpc) is 3.23. The summed E-state index contributed by atoms with van der Waals surface area (Å²) in [4.78, 5) is 31.6. The fourth-order valence-electron chi connectivity index (χ4n) is 3.77. The zero-order valence-corrected chi connectivity index (χ0v) is 14.8. The molecule has 1 aliphatic carbocycles. The molecule has 2 atom stereocenters. The number of hydrogen-bond acceptors (Lipinski definition) is 4. The number of carboxylic acids is 1. The van der Waals surface area contributed by atoms with Gasteiger partial charge in [0.15, 0.2) is 0 Å². The van der Waals surface area contributed by atoms with Crippen LogP contribution >= 0.6 is 11.3 Å². The molecule has 25 heavy (non-hydrogen) atoms.